The van der Waals surface area contributed by atoms with Crippen molar-refractivity contribution in [1.29, 1.82) is 0 Å². The van der Waals surface area contributed by atoms with E-state index < -0.39 is 0 Å². The van der Waals surface area contributed by atoms with Gasteiger partial charge in [0.2, 0.25) is 6.79 Å². The summed E-state index contributed by atoms with van der Waals surface area (Å²) in [6, 6.07) is 5.54. The van der Waals surface area contributed by atoms with Crippen molar-refractivity contribution in [2.75, 3.05) is 38.4 Å². The zero-order chi connectivity index (χ0) is 17.2. The molecule has 2 saturated heterocycles. The Morgan fingerprint density at radius 2 is 2.16 bits per heavy atom. The van der Waals surface area contributed by atoms with E-state index >= 15 is 0 Å². The molecule has 3 atom stereocenters. The zero-order valence-electron chi connectivity index (χ0n) is 13.9. The Bertz CT molecular complexity index is 641. The van der Waals surface area contributed by atoms with Gasteiger partial charge in [0.1, 0.15) is 0 Å². The third-order valence-electron chi connectivity index (χ3n) is 4.91. The van der Waals surface area contributed by atoms with Crippen molar-refractivity contribution in [3.8, 4) is 11.5 Å². The van der Waals surface area contributed by atoms with Crippen LogP contribution < -0.4 is 20.1 Å². The fourth-order valence-corrected chi connectivity index (χ4v) is 3.69. The standard InChI is InChI=1S/C17H23N3O5/c21-4-3-14-8-20-7-12(5-13(20)9-23-14)19-17(22)18-11-1-2-15-16(6-11)25-10-24-15/h1-2,6,12-14,21H,3-5,7-10H2,(H2,18,19,22)/t12-,13-,14-/m0/s1. The minimum Gasteiger partial charge on any atom is -0.454 e. The van der Waals surface area contributed by atoms with Crippen LogP contribution in [0.5, 0.6) is 11.5 Å². The van der Waals surface area contributed by atoms with Crippen LogP contribution in [0.4, 0.5) is 10.5 Å². The molecule has 0 radical (unpaired) electrons. The maximum absolute atomic E-state index is 12.3. The molecule has 4 rings (SSSR count). The van der Waals surface area contributed by atoms with E-state index in [-0.39, 0.29) is 31.6 Å². The van der Waals surface area contributed by atoms with Crippen molar-refractivity contribution in [2.45, 2.75) is 31.0 Å². The van der Waals surface area contributed by atoms with Gasteiger partial charge in [-0.15, -0.1) is 0 Å². The van der Waals surface area contributed by atoms with Gasteiger partial charge in [-0.05, 0) is 25.0 Å². The van der Waals surface area contributed by atoms with Gasteiger partial charge in [0.15, 0.2) is 11.5 Å². The molecule has 3 aliphatic rings. The van der Waals surface area contributed by atoms with Crippen LogP contribution in [0.15, 0.2) is 18.2 Å². The predicted octanol–water partition coefficient (Wildman–Crippen LogP) is 0.761. The maximum atomic E-state index is 12.3. The number of carbonyl (C=O) groups excluding carboxylic acids is 1. The number of carbonyl (C=O) groups is 1. The van der Waals surface area contributed by atoms with Crippen LogP contribution in [0, 0.1) is 0 Å². The van der Waals surface area contributed by atoms with Crippen molar-refractivity contribution in [3.63, 3.8) is 0 Å². The molecule has 8 heteroatoms. The molecule has 0 aromatic heterocycles. The first-order valence-corrected chi connectivity index (χ1v) is 8.65. The van der Waals surface area contributed by atoms with Crippen LogP contribution in [0.2, 0.25) is 0 Å². The summed E-state index contributed by atoms with van der Waals surface area (Å²) in [4.78, 5) is 14.6. The van der Waals surface area contributed by atoms with Crippen molar-refractivity contribution in [3.05, 3.63) is 18.2 Å². The van der Waals surface area contributed by atoms with Crippen LogP contribution in [0.1, 0.15) is 12.8 Å². The van der Waals surface area contributed by atoms with Crippen molar-refractivity contribution >= 4 is 11.7 Å². The minimum absolute atomic E-state index is 0.0856. The minimum atomic E-state index is -0.225. The number of aliphatic hydroxyl groups excluding tert-OH is 1. The third kappa shape index (κ3) is 3.65. The lowest BCUT2D eigenvalue weighted by atomic mass is 10.1. The van der Waals surface area contributed by atoms with E-state index in [1.54, 1.807) is 18.2 Å². The largest absolute Gasteiger partial charge is 0.454 e. The average molecular weight is 349 g/mol. The lowest BCUT2D eigenvalue weighted by Gasteiger charge is -2.34. The number of rotatable bonds is 4. The fourth-order valence-electron chi connectivity index (χ4n) is 3.69. The first-order valence-electron chi connectivity index (χ1n) is 8.65. The first kappa shape index (κ1) is 16.4. The number of urea groups is 1. The summed E-state index contributed by atoms with van der Waals surface area (Å²) in [5, 5.41) is 14.9. The molecule has 1 aromatic rings. The second kappa shape index (κ2) is 7.07. The highest BCUT2D eigenvalue weighted by Crippen LogP contribution is 2.34. The molecule has 25 heavy (non-hydrogen) atoms. The topological polar surface area (TPSA) is 92.3 Å². The molecule has 0 unspecified atom stereocenters. The Morgan fingerprint density at radius 1 is 1.28 bits per heavy atom. The maximum Gasteiger partial charge on any atom is 0.319 e. The Labute approximate surface area is 146 Å². The van der Waals surface area contributed by atoms with Gasteiger partial charge < -0.3 is 30.0 Å². The molecule has 3 N–H and O–H groups in total. The Balaban J connectivity index is 1.29. The van der Waals surface area contributed by atoms with Crippen LogP contribution in [-0.4, -0.2) is 67.3 Å². The molecule has 2 fully saturated rings. The molecule has 136 valence electrons. The molecule has 2 amide bonds. The van der Waals surface area contributed by atoms with Crippen LogP contribution in [0.25, 0.3) is 0 Å². The summed E-state index contributed by atoms with van der Waals surface area (Å²) < 4.78 is 16.3. The zero-order valence-corrected chi connectivity index (χ0v) is 13.9. The number of aliphatic hydroxyl groups is 1. The Hall–Kier alpha value is -2.03. The van der Waals surface area contributed by atoms with Crippen LogP contribution >= 0.6 is 0 Å². The number of ether oxygens (including phenoxy) is 3. The van der Waals surface area contributed by atoms with E-state index in [2.05, 4.69) is 15.5 Å². The first-order chi connectivity index (χ1) is 12.2. The molecule has 0 saturated carbocycles. The molecule has 1 aromatic carbocycles. The molecular formula is C17H23N3O5. The molecule has 0 bridgehead atoms. The lowest BCUT2D eigenvalue weighted by Crippen LogP contribution is -2.46. The highest BCUT2D eigenvalue weighted by Gasteiger charge is 2.37. The van der Waals surface area contributed by atoms with Crippen LogP contribution in [0.3, 0.4) is 0 Å². The van der Waals surface area contributed by atoms with E-state index in [4.69, 9.17) is 19.3 Å². The highest BCUT2D eigenvalue weighted by atomic mass is 16.7. The quantitative estimate of drug-likeness (QED) is 0.743. The van der Waals surface area contributed by atoms with E-state index in [1.807, 2.05) is 0 Å². The summed E-state index contributed by atoms with van der Waals surface area (Å²) >= 11 is 0. The number of nitrogens with one attached hydrogen (secondary N) is 2. The van der Waals surface area contributed by atoms with Gasteiger partial charge in [0.25, 0.3) is 0 Å². The normalized spacial score (nSPS) is 27.8. The number of hydrogen-bond donors (Lipinski definition) is 3. The number of benzene rings is 1. The molecule has 0 aliphatic carbocycles. The van der Waals surface area contributed by atoms with Crippen molar-refractivity contribution < 1.29 is 24.1 Å². The molecule has 3 heterocycles. The molecule has 3 aliphatic heterocycles. The highest BCUT2D eigenvalue weighted by molar-refractivity contribution is 5.89. The molecule has 0 spiro atoms. The SMILES string of the molecule is O=C(Nc1ccc2c(c1)OCO2)N[C@H]1C[C@H]2CO[C@@H](CCO)CN2C1. The van der Waals surface area contributed by atoms with Crippen molar-refractivity contribution in [1.82, 2.24) is 10.2 Å². The summed E-state index contributed by atoms with van der Waals surface area (Å²) in [5.74, 6) is 1.33. The Morgan fingerprint density at radius 3 is 3.04 bits per heavy atom. The van der Waals surface area contributed by atoms with E-state index in [0.717, 1.165) is 19.5 Å². The van der Waals surface area contributed by atoms with Crippen LogP contribution in [-0.2, 0) is 4.74 Å². The number of fused-ring (bicyclic) bond motifs is 2. The summed E-state index contributed by atoms with van der Waals surface area (Å²) in [7, 11) is 0. The van der Waals surface area contributed by atoms with Gasteiger partial charge in [-0.1, -0.05) is 0 Å². The van der Waals surface area contributed by atoms with E-state index in [1.165, 1.54) is 0 Å². The van der Waals surface area contributed by atoms with E-state index in [0.29, 0.717) is 36.3 Å². The molecular weight excluding hydrogens is 326 g/mol. The smallest absolute Gasteiger partial charge is 0.319 e. The van der Waals surface area contributed by atoms with Gasteiger partial charge in [0.05, 0.1) is 12.7 Å². The summed E-state index contributed by atoms with van der Waals surface area (Å²) in [5.41, 5.74) is 0.670. The third-order valence-corrected chi connectivity index (χ3v) is 4.91. The monoisotopic (exact) mass is 349 g/mol. The summed E-state index contributed by atoms with van der Waals surface area (Å²) in [6.45, 7) is 2.64. The Kier molecular flexibility index (Phi) is 4.65. The number of nitrogens with zero attached hydrogens (tertiary/aromatic N) is 1. The van der Waals surface area contributed by atoms with E-state index in [9.17, 15) is 4.79 Å². The molecule has 8 nitrogen and oxygen atoms in total. The van der Waals surface area contributed by atoms with Gasteiger partial charge in [-0.3, -0.25) is 4.90 Å². The van der Waals surface area contributed by atoms with Gasteiger partial charge in [-0.25, -0.2) is 4.79 Å². The van der Waals surface area contributed by atoms with Gasteiger partial charge >= 0.3 is 6.03 Å². The van der Waals surface area contributed by atoms with Gasteiger partial charge in [0, 0.05) is 43.5 Å². The number of anilines is 1. The lowest BCUT2D eigenvalue weighted by molar-refractivity contribution is -0.0566. The predicted molar refractivity (Wildman–Crippen MR) is 89.9 cm³/mol. The number of amides is 2. The number of morpholine rings is 1. The number of hydrogen-bond acceptors (Lipinski definition) is 6. The average Bonchev–Trinajstić information content (AvgIpc) is 3.20. The second-order valence-corrected chi connectivity index (χ2v) is 6.67. The fraction of sp³-hybridized carbons (Fsp3) is 0.588. The second-order valence-electron chi connectivity index (χ2n) is 6.67. The van der Waals surface area contributed by atoms with Crippen molar-refractivity contribution in [2.24, 2.45) is 0 Å². The summed E-state index contributed by atoms with van der Waals surface area (Å²) in [6.07, 6.45) is 1.62. The van der Waals surface area contributed by atoms with Gasteiger partial charge in [-0.2, -0.15) is 0 Å².